The molecule has 106 valence electrons. The van der Waals surface area contributed by atoms with E-state index in [2.05, 4.69) is 15.6 Å². The van der Waals surface area contributed by atoms with Gasteiger partial charge in [-0.25, -0.2) is 4.98 Å². The molecular weight excluding hydrogens is 266 g/mol. The number of anilines is 1. The van der Waals surface area contributed by atoms with Gasteiger partial charge >= 0.3 is 0 Å². The topological polar surface area (TPSA) is 74.2 Å². The monoisotopic (exact) mass is 285 g/mol. The van der Waals surface area contributed by atoms with Gasteiger partial charge in [0.05, 0.1) is 12.3 Å². The van der Waals surface area contributed by atoms with Gasteiger partial charge in [-0.05, 0) is 25.5 Å². The molecule has 1 aromatic rings. The van der Waals surface area contributed by atoms with Crippen LogP contribution in [0.3, 0.4) is 0 Å². The molecule has 19 heavy (non-hydrogen) atoms. The molecule has 0 aliphatic rings. The van der Waals surface area contributed by atoms with Crippen LogP contribution in [0.25, 0.3) is 0 Å². The van der Waals surface area contributed by atoms with Gasteiger partial charge in [0.1, 0.15) is 0 Å². The Morgan fingerprint density at radius 1 is 1.58 bits per heavy atom. The van der Waals surface area contributed by atoms with E-state index in [1.807, 2.05) is 13.8 Å². The second-order valence-electron chi connectivity index (χ2n) is 4.45. The summed E-state index contributed by atoms with van der Waals surface area (Å²) in [5.41, 5.74) is 0.510. The summed E-state index contributed by atoms with van der Waals surface area (Å²) in [6.07, 6.45) is 2.69. The number of rotatable bonds is 7. The van der Waals surface area contributed by atoms with E-state index in [-0.39, 0.29) is 29.8 Å². The maximum Gasteiger partial charge on any atom is 0.226 e. The zero-order valence-corrected chi connectivity index (χ0v) is 11.9. The molecule has 0 radical (unpaired) electrons. The van der Waals surface area contributed by atoms with Gasteiger partial charge in [-0.3, -0.25) is 4.79 Å². The lowest BCUT2D eigenvalue weighted by Gasteiger charge is -2.20. The highest BCUT2D eigenvalue weighted by Gasteiger charge is 2.14. The molecule has 0 aliphatic carbocycles. The summed E-state index contributed by atoms with van der Waals surface area (Å²) in [5, 5.41) is 15.3. The first-order valence-corrected chi connectivity index (χ1v) is 6.71. The van der Waals surface area contributed by atoms with Crippen molar-refractivity contribution in [2.45, 2.75) is 38.8 Å². The zero-order valence-electron chi connectivity index (χ0n) is 11.2. The van der Waals surface area contributed by atoms with Crippen molar-refractivity contribution in [2.75, 3.05) is 11.9 Å². The quantitative estimate of drug-likeness (QED) is 0.668. The third kappa shape index (κ3) is 5.55. The molecule has 5 nitrogen and oxygen atoms in total. The zero-order chi connectivity index (χ0) is 14.3. The number of nitrogens with zero attached hydrogens (tertiary/aromatic N) is 1. The van der Waals surface area contributed by atoms with E-state index in [0.717, 1.165) is 6.42 Å². The van der Waals surface area contributed by atoms with Gasteiger partial charge in [0.25, 0.3) is 0 Å². The Morgan fingerprint density at radius 2 is 2.32 bits per heavy atom. The van der Waals surface area contributed by atoms with E-state index >= 15 is 0 Å². The van der Waals surface area contributed by atoms with Crippen LogP contribution in [0.15, 0.2) is 18.3 Å². The van der Waals surface area contributed by atoms with Crippen LogP contribution in [0.4, 0.5) is 5.69 Å². The first-order chi connectivity index (χ1) is 9.06. The molecule has 0 saturated carbocycles. The van der Waals surface area contributed by atoms with E-state index < -0.39 is 0 Å². The molecule has 0 spiro atoms. The van der Waals surface area contributed by atoms with E-state index in [9.17, 15) is 4.79 Å². The molecule has 2 atom stereocenters. The largest absolute Gasteiger partial charge is 0.395 e. The van der Waals surface area contributed by atoms with Gasteiger partial charge in [-0.1, -0.05) is 18.5 Å². The molecule has 6 heteroatoms. The SMILES string of the molecule is CCC(CO)NC(C)CC(=O)Nc1cccnc1Cl. The van der Waals surface area contributed by atoms with E-state index in [4.69, 9.17) is 16.7 Å². The average Bonchev–Trinajstić information content (AvgIpc) is 2.38. The fourth-order valence-corrected chi connectivity index (χ4v) is 1.89. The number of carbonyl (C=O) groups excluding carboxylic acids is 1. The van der Waals surface area contributed by atoms with E-state index in [1.54, 1.807) is 18.3 Å². The third-order valence-corrected chi connectivity index (χ3v) is 3.06. The van der Waals surface area contributed by atoms with Crippen molar-refractivity contribution in [1.29, 1.82) is 0 Å². The summed E-state index contributed by atoms with van der Waals surface area (Å²) in [6.45, 7) is 3.95. The smallest absolute Gasteiger partial charge is 0.226 e. The van der Waals surface area contributed by atoms with Gasteiger partial charge in [-0.15, -0.1) is 0 Å². The summed E-state index contributed by atoms with van der Waals surface area (Å²) in [7, 11) is 0. The van der Waals surface area contributed by atoms with E-state index in [1.165, 1.54) is 0 Å². The van der Waals surface area contributed by atoms with E-state index in [0.29, 0.717) is 12.1 Å². The molecule has 1 heterocycles. The predicted octanol–water partition coefficient (Wildman–Crippen LogP) is 1.81. The second kappa shape index (κ2) is 8.09. The molecule has 1 aromatic heterocycles. The van der Waals surface area contributed by atoms with Crippen LogP contribution >= 0.6 is 11.6 Å². The predicted molar refractivity (Wildman–Crippen MR) is 76.3 cm³/mol. The molecule has 0 aromatic carbocycles. The lowest BCUT2D eigenvalue weighted by molar-refractivity contribution is -0.116. The van der Waals surface area contributed by atoms with Gasteiger partial charge in [0.15, 0.2) is 5.15 Å². The lowest BCUT2D eigenvalue weighted by atomic mass is 10.1. The number of carbonyl (C=O) groups is 1. The normalized spacial score (nSPS) is 13.9. The number of aliphatic hydroxyl groups excluding tert-OH is 1. The molecule has 1 amide bonds. The number of hydrogen-bond donors (Lipinski definition) is 3. The van der Waals surface area contributed by atoms with Crippen LogP contribution in [0.2, 0.25) is 5.15 Å². The van der Waals surface area contributed by atoms with Gasteiger partial charge in [-0.2, -0.15) is 0 Å². The highest BCUT2D eigenvalue weighted by Crippen LogP contribution is 2.17. The Hall–Kier alpha value is -1.17. The molecule has 0 saturated heterocycles. The van der Waals surface area contributed by atoms with Crippen molar-refractivity contribution < 1.29 is 9.90 Å². The minimum absolute atomic E-state index is 0.0183. The Bertz CT molecular complexity index is 411. The minimum Gasteiger partial charge on any atom is -0.395 e. The number of pyridine rings is 1. The number of nitrogens with one attached hydrogen (secondary N) is 2. The molecule has 3 N–H and O–H groups in total. The van der Waals surface area contributed by atoms with Crippen LogP contribution in [0, 0.1) is 0 Å². The summed E-state index contributed by atoms with van der Waals surface area (Å²) in [6, 6.07) is 3.41. The molecular formula is C13H20ClN3O2. The van der Waals surface area contributed by atoms with Crippen LogP contribution in [-0.4, -0.2) is 34.7 Å². The van der Waals surface area contributed by atoms with Crippen molar-refractivity contribution in [1.82, 2.24) is 10.3 Å². The summed E-state index contributed by atoms with van der Waals surface area (Å²) in [4.78, 5) is 15.7. The Balaban J connectivity index is 2.45. The van der Waals surface area contributed by atoms with Crippen molar-refractivity contribution in [3.63, 3.8) is 0 Å². The minimum atomic E-state index is -0.136. The van der Waals surface area contributed by atoms with Crippen molar-refractivity contribution in [3.8, 4) is 0 Å². The third-order valence-electron chi connectivity index (χ3n) is 2.76. The first kappa shape index (κ1) is 15.9. The molecule has 0 bridgehead atoms. The van der Waals surface area contributed by atoms with Gasteiger partial charge < -0.3 is 15.7 Å². The maximum atomic E-state index is 11.8. The standard InChI is InChI=1S/C13H20ClN3O2/c1-3-10(8-18)16-9(2)7-12(19)17-11-5-4-6-15-13(11)14/h4-6,9-10,16,18H,3,7-8H2,1-2H3,(H,17,19). The Morgan fingerprint density at radius 3 is 2.89 bits per heavy atom. The Labute approximate surface area is 118 Å². The summed E-state index contributed by atoms with van der Waals surface area (Å²) >= 11 is 5.86. The lowest BCUT2D eigenvalue weighted by Crippen LogP contribution is -2.40. The first-order valence-electron chi connectivity index (χ1n) is 6.34. The number of halogens is 1. The molecule has 0 fully saturated rings. The molecule has 0 aliphatic heterocycles. The maximum absolute atomic E-state index is 11.8. The summed E-state index contributed by atoms with van der Waals surface area (Å²) in [5.74, 6) is -0.136. The Kier molecular flexibility index (Phi) is 6.77. The van der Waals surface area contributed by atoms with Crippen molar-refractivity contribution in [2.24, 2.45) is 0 Å². The highest BCUT2D eigenvalue weighted by atomic mass is 35.5. The number of aromatic nitrogens is 1. The second-order valence-corrected chi connectivity index (χ2v) is 4.81. The fraction of sp³-hybridized carbons (Fsp3) is 0.538. The van der Waals surface area contributed by atoms with Crippen LogP contribution in [-0.2, 0) is 4.79 Å². The van der Waals surface area contributed by atoms with Gasteiger partial charge in [0.2, 0.25) is 5.91 Å². The van der Waals surface area contributed by atoms with Crippen molar-refractivity contribution >= 4 is 23.2 Å². The number of aliphatic hydroxyl groups is 1. The van der Waals surface area contributed by atoms with Crippen LogP contribution < -0.4 is 10.6 Å². The molecule has 2 unspecified atom stereocenters. The number of amides is 1. The summed E-state index contributed by atoms with van der Waals surface area (Å²) < 4.78 is 0. The van der Waals surface area contributed by atoms with Crippen molar-refractivity contribution in [3.05, 3.63) is 23.5 Å². The van der Waals surface area contributed by atoms with Gasteiger partial charge in [0, 0.05) is 24.7 Å². The van der Waals surface area contributed by atoms with Crippen LogP contribution in [0.1, 0.15) is 26.7 Å². The van der Waals surface area contributed by atoms with Crippen LogP contribution in [0.5, 0.6) is 0 Å². The fourth-order valence-electron chi connectivity index (χ4n) is 1.72. The highest BCUT2D eigenvalue weighted by molar-refractivity contribution is 6.32. The molecule has 1 rings (SSSR count). The number of hydrogen-bond acceptors (Lipinski definition) is 4. The average molecular weight is 286 g/mol.